The zero-order valence-corrected chi connectivity index (χ0v) is 14.7. The van der Waals surface area contributed by atoms with E-state index in [9.17, 15) is 0 Å². The number of benzene rings is 2. The summed E-state index contributed by atoms with van der Waals surface area (Å²) in [5.41, 5.74) is 2.84. The third-order valence-corrected chi connectivity index (χ3v) is 4.04. The molecule has 6 heteroatoms. The van der Waals surface area contributed by atoms with Gasteiger partial charge in [0, 0.05) is 11.1 Å². The molecule has 128 valence electrons. The minimum Gasteiger partial charge on any atom is -0.481 e. The molecule has 0 radical (unpaired) electrons. The minimum atomic E-state index is 0.164. The van der Waals surface area contributed by atoms with Crippen LogP contribution in [0.25, 0.3) is 11.1 Å². The van der Waals surface area contributed by atoms with Crippen molar-refractivity contribution in [2.24, 2.45) is 0 Å². The molecule has 1 heterocycles. The van der Waals surface area contributed by atoms with Crippen LogP contribution in [0.1, 0.15) is 5.56 Å². The zero-order chi connectivity index (χ0) is 17.6. The summed E-state index contributed by atoms with van der Waals surface area (Å²) in [4.78, 5) is 8.29. The molecule has 3 rings (SSSR count). The molecule has 0 unspecified atom stereocenters. The Balaban J connectivity index is 1.83. The Morgan fingerprint density at radius 1 is 0.880 bits per heavy atom. The zero-order valence-electron chi connectivity index (χ0n) is 13.9. The second-order valence-electron chi connectivity index (χ2n) is 5.17. The highest BCUT2D eigenvalue weighted by Gasteiger charge is 2.11. The van der Waals surface area contributed by atoms with Gasteiger partial charge in [-0.1, -0.05) is 60.1 Å². The molecule has 0 N–H and O–H groups in total. The third kappa shape index (κ3) is 4.00. The van der Waals surface area contributed by atoms with E-state index in [1.165, 1.54) is 14.2 Å². The van der Waals surface area contributed by atoms with Gasteiger partial charge in [0.25, 0.3) is 0 Å². The molecule has 3 aromatic rings. The maximum Gasteiger partial charge on any atom is 0.323 e. The summed E-state index contributed by atoms with van der Waals surface area (Å²) in [5, 5.41) is 0.642. The van der Waals surface area contributed by atoms with E-state index in [1.54, 1.807) is 6.07 Å². The van der Waals surface area contributed by atoms with Gasteiger partial charge in [-0.05, 0) is 5.56 Å². The van der Waals surface area contributed by atoms with Crippen LogP contribution in [-0.4, -0.2) is 24.2 Å². The average molecular weight is 357 g/mol. The average Bonchev–Trinajstić information content (AvgIpc) is 2.67. The lowest BCUT2D eigenvalue weighted by molar-refractivity contribution is 0.266. The summed E-state index contributed by atoms with van der Waals surface area (Å²) >= 11 is 6.56. The van der Waals surface area contributed by atoms with Gasteiger partial charge in [0.1, 0.15) is 6.61 Å². The lowest BCUT2D eigenvalue weighted by Crippen LogP contribution is -2.03. The number of nitrogens with zero attached hydrogens (tertiary/aromatic N) is 2. The molecule has 0 fully saturated rings. The van der Waals surface area contributed by atoms with Gasteiger partial charge in [-0.15, -0.1) is 0 Å². The van der Waals surface area contributed by atoms with Crippen molar-refractivity contribution in [3.8, 4) is 28.9 Å². The highest BCUT2D eigenvalue weighted by Crippen LogP contribution is 2.31. The first-order valence-electron chi connectivity index (χ1n) is 7.64. The fraction of sp³-hybridized carbons (Fsp3) is 0.158. The molecule has 0 spiro atoms. The summed E-state index contributed by atoms with van der Waals surface area (Å²) < 4.78 is 15.9. The molecule has 0 aliphatic carbocycles. The molecule has 0 aliphatic rings. The maximum atomic E-state index is 6.56. The van der Waals surface area contributed by atoms with E-state index in [-0.39, 0.29) is 12.6 Å². The van der Waals surface area contributed by atoms with E-state index in [4.69, 9.17) is 25.8 Å². The first kappa shape index (κ1) is 17.0. The Kier molecular flexibility index (Phi) is 5.36. The monoisotopic (exact) mass is 356 g/mol. The predicted octanol–water partition coefficient (Wildman–Crippen LogP) is 4.39. The lowest BCUT2D eigenvalue weighted by Gasteiger charge is -2.11. The molecule has 2 aromatic carbocycles. The second kappa shape index (κ2) is 7.85. The molecule has 1 aromatic heterocycles. The maximum absolute atomic E-state index is 6.56. The van der Waals surface area contributed by atoms with Gasteiger partial charge < -0.3 is 14.2 Å². The van der Waals surface area contributed by atoms with E-state index >= 15 is 0 Å². The normalized spacial score (nSPS) is 10.4. The molecular weight excluding hydrogens is 340 g/mol. The van der Waals surface area contributed by atoms with Crippen LogP contribution in [0.3, 0.4) is 0 Å². The van der Waals surface area contributed by atoms with Crippen molar-refractivity contribution >= 4 is 11.6 Å². The van der Waals surface area contributed by atoms with E-state index in [1.807, 2.05) is 48.5 Å². The van der Waals surface area contributed by atoms with Gasteiger partial charge in [-0.2, -0.15) is 9.97 Å². The first-order chi connectivity index (χ1) is 12.2. The number of aromatic nitrogens is 2. The fourth-order valence-electron chi connectivity index (χ4n) is 2.33. The first-order valence-corrected chi connectivity index (χ1v) is 8.01. The van der Waals surface area contributed by atoms with Gasteiger partial charge in [-0.3, -0.25) is 0 Å². The van der Waals surface area contributed by atoms with Crippen molar-refractivity contribution in [2.45, 2.75) is 6.61 Å². The topological polar surface area (TPSA) is 53.5 Å². The number of halogens is 1. The Hall–Kier alpha value is -2.79. The van der Waals surface area contributed by atoms with Crippen LogP contribution in [0, 0.1) is 0 Å². The van der Waals surface area contributed by atoms with Crippen LogP contribution < -0.4 is 14.2 Å². The Morgan fingerprint density at radius 3 is 2.20 bits per heavy atom. The molecule has 0 aliphatic heterocycles. The van der Waals surface area contributed by atoms with Crippen molar-refractivity contribution in [2.75, 3.05) is 14.2 Å². The summed E-state index contributed by atoms with van der Waals surface area (Å²) in [6, 6.07) is 17.5. The van der Waals surface area contributed by atoms with Gasteiger partial charge in [0.2, 0.25) is 11.8 Å². The van der Waals surface area contributed by atoms with E-state index < -0.39 is 0 Å². The van der Waals surface area contributed by atoms with Crippen molar-refractivity contribution in [1.29, 1.82) is 0 Å². The number of rotatable bonds is 6. The van der Waals surface area contributed by atoms with Crippen LogP contribution >= 0.6 is 11.6 Å². The second-order valence-corrected chi connectivity index (χ2v) is 5.55. The smallest absolute Gasteiger partial charge is 0.323 e. The number of ether oxygens (including phenoxy) is 3. The SMILES string of the molecule is COc1cc(OC)nc(OCc2cccc(-c3ccccc3)c2Cl)n1. The fourth-order valence-corrected chi connectivity index (χ4v) is 2.62. The van der Waals surface area contributed by atoms with Crippen molar-refractivity contribution < 1.29 is 14.2 Å². The minimum absolute atomic E-state index is 0.164. The molecule has 0 atom stereocenters. The van der Waals surface area contributed by atoms with Crippen LogP contribution in [0.5, 0.6) is 17.8 Å². The van der Waals surface area contributed by atoms with Gasteiger partial charge >= 0.3 is 6.01 Å². The van der Waals surface area contributed by atoms with E-state index in [0.29, 0.717) is 16.8 Å². The summed E-state index contributed by atoms with van der Waals surface area (Å²) in [6.07, 6.45) is 0. The van der Waals surface area contributed by atoms with Crippen molar-refractivity contribution in [3.05, 3.63) is 65.2 Å². The number of methoxy groups -OCH3 is 2. The summed E-state index contributed by atoms with van der Waals surface area (Å²) in [5.74, 6) is 0.733. The highest BCUT2D eigenvalue weighted by molar-refractivity contribution is 6.34. The van der Waals surface area contributed by atoms with Gasteiger partial charge in [-0.25, -0.2) is 0 Å². The Labute approximate surface area is 151 Å². The van der Waals surface area contributed by atoms with Gasteiger partial charge in [0.15, 0.2) is 0 Å². The van der Waals surface area contributed by atoms with Crippen LogP contribution in [-0.2, 0) is 6.61 Å². The largest absolute Gasteiger partial charge is 0.481 e. The van der Waals surface area contributed by atoms with Crippen LogP contribution in [0.15, 0.2) is 54.6 Å². The van der Waals surface area contributed by atoms with Crippen LogP contribution in [0.2, 0.25) is 5.02 Å². The molecule has 0 saturated heterocycles. The highest BCUT2D eigenvalue weighted by atomic mass is 35.5. The van der Waals surface area contributed by atoms with E-state index in [2.05, 4.69) is 9.97 Å². The predicted molar refractivity (Wildman–Crippen MR) is 96.4 cm³/mol. The van der Waals surface area contributed by atoms with E-state index in [0.717, 1.165) is 16.7 Å². The summed E-state index contributed by atoms with van der Waals surface area (Å²) in [6.45, 7) is 0.232. The molecule has 25 heavy (non-hydrogen) atoms. The van der Waals surface area contributed by atoms with Crippen LogP contribution in [0.4, 0.5) is 0 Å². The Morgan fingerprint density at radius 2 is 1.56 bits per heavy atom. The quantitative estimate of drug-likeness (QED) is 0.655. The van der Waals surface area contributed by atoms with Crippen molar-refractivity contribution in [1.82, 2.24) is 9.97 Å². The number of hydrogen-bond acceptors (Lipinski definition) is 5. The molecule has 0 bridgehead atoms. The third-order valence-electron chi connectivity index (χ3n) is 3.60. The van der Waals surface area contributed by atoms with Gasteiger partial charge in [0.05, 0.1) is 25.3 Å². The molecule has 5 nitrogen and oxygen atoms in total. The molecule has 0 amide bonds. The molecular formula is C19H17ClN2O3. The summed E-state index contributed by atoms with van der Waals surface area (Å²) in [7, 11) is 3.04. The lowest BCUT2D eigenvalue weighted by atomic mass is 10.0. The number of hydrogen-bond donors (Lipinski definition) is 0. The molecule has 0 saturated carbocycles. The van der Waals surface area contributed by atoms with Crippen molar-refractivity contribution in [3.63, 3.8) is 0 Å². The Bertz CT molecular complexity index is 834. The standard InChI is InChI=1S/C19H17ClN2O3/c1-23-16-11-17(24-2)22-19(21-16)25-12-14-9-6-10-15(18(14)20)13-7-4-3-5-8-13/h3-11H,12H2,1-2H3.